The summed E-state index contributed by atoms with van der Waals surface area (Å²) in [7, 11) is 3.59. The van der Waals surface area contributed by atoms with E-state index < -0.39 is 0 Å². The average Bonchev–Trinajstić information content (AvgIpc) is 2.94. The molecular weight excluding hydrogens is 328 g/mol. The third-order valence-electron chi connectivity index (χ3n) is 3.73. The molecule has 0 fully saturated rings. The molecule has 1 amide bonds. The fourth-order valence-electron chi connectivity index (χ4n) is 2.55. The number of anilines is 1. The van der Waals surface area contributed by atoms with Gasteiger partial charge in [0.1, 0.15) is 5.15 Å². The van der Waals surface area contributed by atoms with Crippen molar-refractivity contribution in [3.05, 3.63) is 40.4 Å². The first kappa shape index (κ1) is 16.2. The second kappa shape index (κ2) is 6.09. The lowest BCUT2D eigenvalue weighted by Crippen LogP contribution is -2.08. The van der Waals surface area contributed by atoms with Crippen LogP contribution >= 0.6 is 11.6 Å². The molecule has 0 atom stereocenters. The number of halogens is 1. The number of carbonyl (C=O) groups is 1. The molecule has 0 aromatic carbocycles. The lowest BCUT2D eigenvalue weighted by Gasteiger charge is -2.02. The zero-order valence-electron chi connectivity index (χ0n) is 13.8. The topological polar surface area (TPSA) is 77.6 Å². The predicted octanol–water partition coefficient (Wildman–Crippen LogP) is 2.62. The van der Waals surface area contributed by atoms with Gasteiger partial charge in [-0.3, -0.25) is 14.2 Å². The van der Waals surface area contributed by atoms with Gasteiger partial charge in [-0.1, -0.05) is 11.6 Å². The number of hydrogen-bond acceptors (Lipinski definition) is 4. The van der Waals surface area contributed by atoms with Crippen molar-refractivity contribution in [1.82, 2.24) is 24.5 Å². The molecule has 0 aliphatic carbocycles. The molecule has 0 spiro atoms. The van der Waals surface area contributed by atoms with Crippen molar-refractivity contribution in [1.29, 1.82) is 0 Å². The standard InChI is InChI=1S/C16H17ClN6O/c1-9-12(15(17)22(3)20-9)5-6-14(24)19-11-7-13-10(2)21-23(4)16(13)18-8-11/h5-8H,1-4H3,(H,19,24)/b6-5+. The SMILES string of the molecule is Cc1nn(C)c(Cl)c1/C=C/C(=O)Nc1cnc2c(c1)c(C)nn2C. The van der Waals surface area contributed by atoms with Crippen LogP contribution in [0.1, 0.15) is 17.0 Å². The maximum absolute atomic E-state index is 12.1. The molecule has 124 valence electrons. The largest absolute Gasteiger partial charge is 0.321 e. The summed E-state index contributed by atoms with van der Waals surface area (Å²) >= 11 is 6.14. The van der Waals surface area contributed by atoms with Crippen LogP contribution in [0.15, 0.2) is 18.3 Å². The van der Waals surface area contributed by atoms with E-state index in [1.165, 1.54) is 6.08 Å². The van der Waals surface area contributed by atoms with Gasteiger partial charge in [-0.15, -0.1) is 0 Å². The highest BCUT2D eigenvalue weighted by Gasteiger charge is 2.10. The Bertz CT molecular complexity index is 969. The van der Waals surface area contributed by atoms with Gasteiger partial charge in [0.25, 0.3) is 0 Å². The van der Waals surface area contributed by atoms with E-state index in [1.54, 1.807) is 28.7 Å². The first-order valence-corrected chi connectivity index (χ1v) is 7.72. The molecule has 0 aliphatic rings. The number of nitrogens with one attached hydrogen (secondary N) is 1. The number of pyridine rings is 1. The van der Waals surface area contributed by atoms with Crippen LogP contribution in [0, 0.1) is 13.8 Å². The molecule has 24 heavy (non-hydrogen) atoms. The van der Waals surface area contributed by atoms with E-state index >= 15 is 0 Å². The molecule has 3 heterocycles. The maximum Gasteiger partial charge on any atom is 0.248 e. The van der Waals surface area contributed by atoms with Gasteiger partial charge in [0.15, 0.2) is 5.65 Å². The van der Waals surface area contributed by atoms with E-state index in [4.69, 9.17) is 11.6 Å². The van der Waals surface area contributed by atoms with Gasteiger partial charge in [0, 0.05) is 31.1 Å². The number of fused-ring (bicyclic) bond motifs is 1. The summed E-state index contributed by atoms with van der Waals surface area (Å²) in [6.07, 6.45) is 4.69. The molecule has 0 aliphatic heterocycles. The van der Waals surface area contributed by atoms with Gasteiger partial charge >= 0.3 is 0 Å². The molecule has 8 heteroatoms. The summed E-state index contributed by atoms with van der Waals surface area (Å²) < 4.78 is 3.28. The minimum Gasteiger partial charge on any atom is -0.321 e. The molecule has 0 unspecified atom stereocenters. The van der Waals surface area contributed by atoms with E-state index in [1.807, 2.05) is 27.0 Å². The Labute approximate surface area is 143 Å². The monoisotopic (exact) mass is 344 g/mol. The number of amides is 1. The highest BCUT2D eigenvalue weighted by atomic mass is 35.5. The van der Waals surface area contributed by atoms with Crippen molar-refractivity contribution in [3.8, 4) is 0 Å². The molecule has 3 aromatic rings. The Morgan fingerprint density at radius 2 is 1.92 bits per heavy atom. The van der Waals surface area contributed by atoms with Gasteiger partial charge in [0.05, 0.1) is 23.3 Å². The minimum atomic E-state index is -0.267. The molecular formula is C16H17ClN6O. The maximum atomic E-state index is 12.1. The number of carbonyl (C=O) groups excluding carboxylic acids is 1. The summed E-state index contributed by atoms with van der Waals surface area (Å²) in [5, 5.41) is 12.7. The first-order valence-electron chi connectivity index (χ1n) is 7.34. The zero-order valence-corrected chi connectivity index (χ0v) is 14.6. The van der Waals surface area contributed by atoms with Crippen LogP contribution in [-0.4, -0.2) is 30.5 Å². The lowest BCUT2D eigenvalue weighted by molar-refractivity contribution is -0.111. The Morgan fingerprint density at radius 1 is 1.21 bits per heavy atom. The van der Waals surface area contributed by atoms with Crippen molar-refractivity contribution in [2.24, 2.45) is 14.1 Å². The fourth-order valence-corrected chi connectivity index (χ4v) is 2.79. The highest BCUT2D eigenvalue weighted by Crippen LogP contribution is 2.21. The van der Waals surface area contributed by atoms with Crippen molar-refractivity contribution in [2.45, 2.75) is 13.8 Å². The number of nitrogens with zero attached hydrogens (tertiary/aromatic N) is 5. The van der Waals surface area contributed by atoms with E-state index in [0.29, 0.717) is 10.8 Å². The molecule has 3 aromatic heterocycles. The summed E-state index contributed by atoms with van der Waals surface area (Å²) in [6, 6.07) is 1.86. The zero-order chi connectivity index (χ0) is 17.4. The smallest absolute Gasteiger partial charge is 0.248 e. The number of aryl methyl sites for hydroxylation is 4. The van der Waals surface area contributed by atoms with Crippen LogP contribution in [0.5, 0.6) is 0 Å². The number of rotatable bonds is 3. The normalized spacial score (nSPS) is 11.5. The summed E-state index contributed by atoms with van der Waals surface area (Å²) in [5.74, 6) is -0.267. The van der Waals surface area contributed by atoms with Crippen LogP contribution in [0.2, 0.25) is 5.15 Å². The van der Waals surface area contributed by atoms with Gasteiger partial charge in [-0.05, 0) is 26.0 Å². The molecule has 0 radical (unpaired) electrons. The highest BCUT2D eigenvalue weighted by molar-refractivity contribution is 6.31. The first-order chi connectivity index (χ1) is 11.4. The molecule has 1 N–H and O–H groups in total. The van der Waals surface area contributed by atoms with E-state index in [0.717, 1.165) is 28.0 Å². The van der Waals surface area contributed by atoms with Gasteiger partial charge < -0.3 is 5.32 Å². The Morgan fingerprint density at radius 3 is 2.58 bits per heavy atom. The second-order valence-electron chi connectivity index (χ2n) is 5.54. The van der Waals surface area contributed by atoms with Gasteiger partial charge in [-0.25, -0.2) is 4.98 Å². The lowest BCUT2D eigenvalue weighted by atomic mass is 10.2. The van der Waals surface area contributed by atoms with Crippen LogP contribution in [0.3, 0.4) is 0 Å². The Balaban J connectivity index is 1.79. The van der Waals surface area contributed by atoms with Gasteiger partial charge in [0.2, 0.25) is 5.91 Å². The van der Waals surface area contributed by atoms with Crippen LogP contribution < -0.4 is 5.32 Å². The predicted molar refractivity (Wildman–Crippen MR) is 93.9 cm³/mol. The Hall–Kier alpha value is -2.67. The van der Waals surface area contributed by atoms with E-state index in [-0.39, 0.29) is 5.91 Å². The Kier molecular flexibility index (Phi) is 4.11. The van der Waals surface area contributed by atoms with Crippen LogP contribution in [-0.2, 0) is 18.9 Å². The van der Waals surface area contributed by atoms with Gasteiger partial charge in [-0.2, -0.15) is 10.2 Å². The summed E-state index contributed by atoms with van der Waals surface area (Å²) in [5.41, 5.74) is 3.75. The van der Waals surface area contributed by atoms with E-state index in [2.05, 4.69) is 20.5 Å². The third kappa shape index (κ3) is 2.90. The minimum absolute atomic E-state index is 0.267. The van der Waals surface area contributed by atoms with Crippen LogP contribution in [0.25, 0.3) is 17.1 Å². The molecule has 0 bridgehead atoms. The second-order valence-corrected chi connectivity index (χ2v) is 5.90. The molecule has 3 rings (SSSR count). The van der Waals surface area contributed by atoms with E-state index in [9.17, 15) is 4.79 Å². The number of aromatic nitrogens is 5. The number of hydrogen-bond donors (Lipinski definition) is 1. The summed E-state index contributed by atoms with van der Waals surface area (Å²) in [4.78, 5) is 16.5. The van der Waals surface area contributed by atoms with Crippen molar-refractivity contribution < 1.29 is 4.79 Å². The molecule has 0 saturated carbocycles. The summed E-state index contributed by atoms with van der Waals surface area (Å²) in [6.45, 7) is 3.75. The van der Waals surface area contributed by atoms with Crippen molar-refractivity contribution >= 4 is 40.3 Å². The van der Waals surface area contributed by atoms with Crippen LogP contribution in [0.4, 0.5) is 5.69 Å². The molecule has 7 nitrogen and oxygen atoms in total. The third-order valence-corrected chi connectivity index (χ3v) is 4.18. The molecule has 0 saturated heterocycles. The van der Waals surface area contributed by atoms with Crippen molar-refractivity contribution in [2.75, 3.05) is 5.32 Å². The van der Waals surface area contributed by atoms with Crippen molar-refractivity contribution in [3.63, 3.8) is 0 Å². The average molecular weight is 345 g/mol. The fraction of sp³-hybridized carbons (Fsp3) is 0.250. The quantitative estimate of drug-likeness (QED) is 0.741.